The second-order valence-electron chi connectivity index (χ2n) is 4.80. The molecule has 1 aliphatic rings. The molecule has 1 aliphatic carbocycles. The molecule has 0 aromatic heterocycles. The molecule has 0 saturated heterocycles. The van der Waals surface area contributed by atoms with Gasteiger partial charge in [-0.1, -0.05) is 11.6 Å². The van der Waals surface area contributed by atoms with Gasteiger partial charge in [0.2, 0.25) is 9.05 Å². The van der Waals surface area contributed by atoms with Gasteiger partial charge in [-0.3, -0.25) is 0 Å². The molecule has 0 radical (unpaired) electrons. The van der Waals surface area contributed by atoms with E-state index >= 15 is 0 Å². The van der Waals surface area contributed by atoms with Crippen LogP contribution in [0.3, 0.4) is 0 Å². The van der Waals surface area contributed by atoms with Crippen LogP contribution in [0.1, 0.15) is 35.1 Å². The van der Waals surface area contributed by atoms with E-state index in [2.05, 4.69) is 0 Å². The van der Waals surface area contributed by atoms with Crippen LogP contribution in [0.15, 0.2) is 0 Å². The van der Waals surface area contributed by atoms with Crippen LogP contribution in [-0.4, -0.2) is 15.5 Å². The van der Waals surface area contributed by atoms with Crippen LogP contribution in [-0.2, 0) is 27.6 Å². The Morgan fingerprint density at radius 3 is 2.32 bits per heavy atom. The van der Waals surface area contributed by atoms with E-state index in [1.807, 2.05) is 6.92 Å². The maximum atomic E-state index is 11.4. The van der Waals surface area contributed by atoms with Crippen molar-refractivity contribution >= 4 is 31.3 Å². The summed E-state index contributed by atoms with van der Waals surface area (Å²) in [4.78, 5) is 0. The quantitative estimate of drug-likeness (QED) is 0.798. The molecule has 0 spiro atoms. The molecule has 1 aromatic carbocycles. The van der Waals surface area contributed by atoms with Crippen molar-refractivity contribution in [2.75, 3.05) is 7.11 Å². The summed E-state index contributed by atoms with van der Waals surface area (Å²) in [5.74, 6) is 0.195. The van der Waals surface area contributed by atoms with E-state index < -0.39 is 9.05 Å². The van der Waals surface area contributed by atoms with E-state index in [1.54, 1.807) is 0 Å². The molecule has 0 bridgehead atoms. The van der Waals surface area contributed by atoms with E-state index in [4.69, 9.17) is 27.0 Å². The number of methoxy groups -OCH3 is 1. The Morgan fingerprint density at radius 2 is 1.79 bits per heavy atom. The zero-order valence-corrected chi connectivity index (χ0v) is 13.3. The Balaban J connectivity index is 2.68. The largest absolute Gasteiger partial charge is 0.495 e. The normalized spacial score (nSPS) is 15.2. The minimum atomic E-state index is -3.64. The molecular weight excluding hydrogens is 307 g/mol. The van der Waals surface area contributed by atoms with Crippen molar-refractivity contribution in [1.29, 1.82) is 0 Å². The van der Waals surface area contributed by atoms with Crippen LogP contribution in [0.25, 0.3) is 0 Å². The summed E-state index contributed by atoms with van der Waals surface area (Å²) >= 11 is 6.37. The van der Waals surface area contributed by atoms with Crippen molar-refractivity contribution in [2.24, 2.45) is 0 Å². The third kappa shape index (κ3) is 3.01. The first-order chi connectivity index (χ1) is 8.85. The van der Waals surface area contributed by atoms with Gasteiger partial charge in [0.25, 0.3) is 0 Å². The highest BCUT2D eigenvalue weighted by atomic mass is 35.7. The fraction of sp³-hybridized carbons (Fsp3) is 0.538. The zero-order valence-electron chi connectivity index (χ0n) is 10.9. The number of fused-ring (bicyclic) bond motifs is 1. The molecule has 0 amide bonds. The van der Waals surface area contributed by atoms with Gasteiger partial charge in [-0.15, -0.1) is 0 Å². The molecule has 3 nitrogen and oxygen atoms in total. The van der Waals surface area contributed by atoms with Gasteiger partial charge < -0.3 is 4.74 Å². The Hall–Kier alpha value is -0.450. The highest BCUT2D eigenvalue weighted by Crippen LogP contribution is 2.41. The molecule has 0 saturated carbocycles. The first-order valence-corrected chi connectivity index (χ1v) is 8.99. The van der Waals surface area contributed by atoms with E-state index in [9.17, 15) is 8.42 Å². The van der Waals surface area contributed by atoms with Gasteiger partial charge in [-0.25, -0.2) is 8.42 Å². The molecule has 0 N–H and O–H groups in total. The smallest absolute Gasteiger partial charge is 0.236 e. The molecule has 0 unspecified atom stereocenters. The summed E-state index contributed by atoms with van der Waals surface area (Å²) in [6, 6.07) is 0. The SMILES string of the molecule is COc1c(Cl)c2c(c(C)c1CS(=O)(=O)Cl)CCCC2. The number of halogens is 2. The summed E-state index contributed by atoms with van der Waals surface area (Å²) < 4.78 is 28.0. The standard InChI is InChI=1S/C13H16Cl2O3S/c1-8-9-5-3-4-6-10(9)12(14)13(18-2)11(8)7-19(15,16)17/h3-7H2,1-2H3. The Bertz CT molecular complexity index is 609. The number of hydrogen-bond donors (Lipinski definition) is 0. The average Bonchev–Trinajstić information content (AvgIpc) is 2.35. The third-order valence-electron chi connectivity index (χ3n) is 3.63. The van der Waals surface area contributed by atoms with Crippen LogP contribution in [0.4, 0.5) is 0 Å². The highest BCUT2D eigenvalue weighted by molar-refractivity contribution is 8.13. The molecule has 0 atom stereocenters. The Kier molecular flexibility index (Phi) is 4.33. The lowest BCUT2D eigenvalue weighted by Crippen LogP contribution is -2.11. The predicted octanol–water partition coefficient (Wildman–Crippen LogP) is 3.60. The fourth-order valence-corrected chi connectivity index (χ4v) is 4.16. The maximum Gasteiger partial charge on any atom is 0.236 e. The second kappa shape index (κ2) is 5.51. The van der Waals surface area contributed by atoms with Crippen LogP contribution >= 0.6 is 22.3 Å². The highest BCUT2D eigenvalue weighted by Gasteiger charge is 2.25. The van der Waals surface area contributed by atoms with Gasteiger partial charge in [0.1, 0.15) is 5.75 Å². The molecule has 0 heterocycles. The van der Waals surface area contributed by atoms with Crippen molar-refractivity contribution < 1.29 is 13.2 Å². The predicted molar refractivity (Wildman–Crippen MR) is 77.9 cm³/mol. The van der Waals surface area contributed by atoms with Crippen molar-refractivity contribution in [2.45, 2.75) is 38.4 Å². The topological polar surface area (TPSA) is 43.4 Å². The molecule has 106 valence electrons. The number of rotatable bonds is 3. The second-order valence-corrected chi connectivity index (χ2v) is 7.95. The third-order valence-corrected chi connectivity index (χ3v) is 4.99. The maximum absolute atomic E-state index is 11.4. The summed E-state index contributed by atoms with van der Waals surface area (Å²) in [5.41, 5.74) is 3.79. The minimum Gasteiger partial charge on any atom is -0.495 e. The summed E-state index contributed by atoms with van der Waals surface area (Å²) in [7, 11) is 3.24. The zero-order chi connectivity index (χ0) is 14.2. The van der Waals surface area contributed by atoms with Crippen molar-refractivity contribution in [3.05, 3.63) is 27.3 Å². The van der Waals surface area contributed by atoms with Crippen LogP contribution in [0.5, 0.6) is 5.75 Å². The molecule has 0 fully saturated rings. The molecule has 6 heteroatoms. The first kappa shape index (κ1) is 14.9. The van der Waals surface area contributed by atoms with Crippen molar-refractivity contribution in [3.63, 3.8) is 0 Å². The molecule has 0 aliphatic heterocycles. The lowest BCUT2D eigenvalue weighted by atomic mass is 9.86. The van der Waals surface area contributed by atoms with Gasteiger partial charge in [0, 0.05) is 16.2 Å². The van der Waals surface area contributed by atoms with E-state index in [0.29, 0.717) is 16.3 Å². The van der Waals surface area contributed by atoms with Crippen LogP contribution < -0.4 is 4.74 Å². The van der Waals surface area contributed by atoms with E-state index in [0.717, 1.165) is 42.4 Å². The number of hydrogen-bond acceptors (Lipinski definition) is 3. The summed E-state index contributed by atoms with van der Waals surface area (Å²) in [5, 5.41) is 0.540. The summed E-state index contributed by atoms with van der Waals surface area (Å²) in [6.07, 6.45) is 4.05. The van der Waals surface area contributed by atoms with Crippen LogP contribution in [0.2, 0.25) is 5.02 Å². The van der Waals surface area contributed by atoms with Gasteiger partial charge in [0.05, 0.1) is 17.9 Å². The lowest BCUT2D eigenvalue weighted by Gasteiger charge is -2.24. The van der Waals surface area contributed by atoms with E-state index in [1.165, 1.54) is 7.11 Å². The molecule has 2 rings (SSSR count). The van der Waals surface area contributed by atoms with Crippen LogP contribution in [0, 0.1) is 6.92 Å². The Morgan fingerprint density at radius 1 is 1.21 bits per heavy atom. The molecule has 19 heavy (non-hydrogen) atoms. The fourth-order valence-electron chi connectivity index (χ4n) is 2.74. The van der Waals surface area contributed by atoms with E-state index in [-0.39, 0.29) is 5.75 Å². The van der Waals surface area contributed by atoms with Crippen molar-refractivity contribution in [3.8, 4) is 5.75 Å². The van der Waals surface area contributed by atoms with Gasteiger partial charge in [-0.2, -0.15) is 0 Å². The minimum absolute atomic E-state index is 0.253. The van der Waals surface area contributed by atoms with Gasteiger partial charge >= 0.3 is 0 Å². The van der Waals surface area contributed by atoms with Gasteiger partial charge in [0.15, 0.2) is 0 Å². The average molecular weight is 323 g/mol. The first-order valence-electron chi connectivity index (χ1n) is 6.14. The molecular formula is C13H16Cl2O3S. The number of benzene rings is 1. The lowest BCUT2D eigenvalue weighted by molar-refractivity contribution is 0.409. The molecule has 1 aromatic rings. The van der Waals surface area contributed by atoms with Gasteiger partial charge in [-0.05, 0) is 49.3 Å². The summed E-state index contributed by atoms with van der Waals surface area (Å²) in [6.45, 7) is 1.92. The van der Waals surface area contributed by atoms with Crippen molar-refractivity contribution in [1.82, 2.24) is 0 Å². The monoisotopic (exact) mass is 322 g/mol. The Labute approximate surface area is 123 Å². The number of ether oxygens (including phenoxy) is 1.